The fraction of sp³-hybridized carbons (Fsp3) is 0.250. The lowest BCUT2D eigenvalue weighted by molar-refractivity contribution is 0.146. The molecule has 2 nitrogen and oxygen atoms in total. The summed E-state index contributed by atoms with van der Waals surface area (Å²) in [5.74, 6) is 0. The topological polar surface area (TPSA) is 36.7 Å². The first-order valence-corrected chi connectivity index (χ1v) is 3.30. The number of hydrogen-bond acceptors (Lipinski definition) is 2. The van der Waals surface area contributed by atoms with Crippen LogP contribution in [0.25, 0.3) is 0 Å². The normalized spacial score (nSPS) is 9.92. The SMILES string of the molecule is Cc1cc(C#N)nc(C(F)F)c1. The molecule has 0 aliphatic carbocycles. The Bertz CT molecular complexity index is 328. The Labute approximate surface area is 68.5 Å². The molecule has 0 radical (unpaired) electrons. The summed E-state index contributed by atoms with van der Waals surface area (Å²) < 4.78 is 24.2. The highest BCUT2D eigenvalue weighted by Crippen LogP contribution is 2.17. The van der Waals surface area contributed by atoms with Gasteiger partial charge in [-0.25, -0.2) is 13.8 Å². The van der Waals surface area contributed by atoms with Crippen LogP contribution in [-0.2, 0) is 0 Å². The van der Waals surface area contributed by atoms with Crippen molar-refractivity contribution in [3.63, 3.8) is 0 Å². The number of rotatable bonds is 1. The van der Waals surface area contributed by atoms with Crippen molar-refractivity contribution in [2.45, 2.75) is 13.3 Å². The van der Waals surface area contributed by atoms with Gasteiger partial charge in [0.25, 0.3) is 6.43 Å². The third-order valence-corrected chi connectivity index (χ3v) is 1.33. The summed E-state index contributed by atoms with van der Waals surface area (Å²) in [5.41, 5.74) is 0.314. The van der Waals surface area contributed by atoms with Gasteiger partial charge in [-0.1, -0.05) is 0 Å². The average molecular weight is 168 g/mol. The van der Waals surface area contributed by atoms with Gasteiger partial charge in [-0.15, -0.1) is 0 Å². The number of aromatic nitrogens is 1. The van der Waals surface area contributed by atoms with Crippen molar-refractivity contribution < 1.29 is 8.78 Å². The van der Waals surface area contributed by atoms with Crippen LogP contribution in [0.1, 0.15) is 23.4 Å². The largest absolute Gasteiger partial charge is 0.280 e. The Kier molecular flexibility index (Phi) is 2.34. The summed E-state index contributed by atoms with van der Waals surface area (Å²) in [5, 5.41) is 8.41. The molecule has 12 heavy (non-hydrogen) atoms. The maximum absolute atomic E-state index is 12.1. The molecule has 0 aromatic carbocycles. The summed E-state index contributed by atoms with van der Waals surface area (Å²) in [6.45, 7) is 1.65. The molecule has 4 heteroatoms. The second kappa shape index (κ2) is 3.26. The molecule has 1 aromatic rings. The molecule has 0 aliphatic rings. The number of nitriles is 1. The molecule has 0 amide bonds. The summed E-state index contributed by atoms with van der Waals surface area (Å²) in [7, 11) is 0. The Morgan fingerprint density at radius 3 is 2.67 bits per heavy atom. The van der Waals surface area contributed by atoms with Gasteiger partial charge in [0.2, 0.25) is 0 Å². The van der Waals surface area contributed by atoms with Crippen LogP contribution in [0.4, 0.5) is 8.78 Å². The van der Waals surface area contributed by atoms with Crippen molar-refractivity contribution in [1.29, 1.82) is 5.26 Å². The predicted octanol–water partition coefficient (Wildman–Crippen LogP) is 2.20. The van der Waals surface area contributed by atoms with Crippen molar-refractivity contribution >= 4 is 0 Å². The summed E-state index contributed by atoms with van der Waals surface area (Å²) in [6, 6.07) is 4.45. The van der Waals surface area contributed by atoms with Gasteiger partial charge >= 0.3 is 0 Å². The zero-order valence-corrected chi connectivity index (χ0v) is 6.38. The van der Waals surface area contributed by atoms with E-state index in [-0.39, 0.29) is 11.4 Å². The summed E-state index contributed by atoms with van der Waals surface area (Å²) >= 11 is 0. The molecule has 0 atom stereocenters. The Morgan fingerprint density at radius 2 is 2.17 bits per heavy atom. The zero-order chi connectivity index (χ0) is 9.14. The molecular formula is C8H6F2N2. The van der Waals surface area contributed by atoms with E-state index in [1.807, 2.05) is 0 Å². The van der Waals surface area contributed by atoms with Crippen molar-refractivity contribution in [1.82, 2.24) is 4.98 Å². The number of aryl methyl sites for hydroxylation is 1. The number of hydrogen-bond donors (Lipinski definition) is 0. The average Bonchev–Trinajstić information content (AvgIpc) is 2.03. The minimum absolute atomic E-state index is 0.0327. The van der Waals surface area contributed by atoms with Crippen LogP contribution < -0.4 is 0 Å². The molecule has 0 saturated carbocycles. The van der Waals surface area contributed by atoms with E-state index in [9.17, 15) is 8.78 Å². The molecule has 1 rings (SSSR count). The van der Waals surface area contributed by atoms with Gasteiger partial charge in [0.15, 0.2) is 0 Å². The molecule has 0 aliphatic heterocycles. The van der Waals surface area contributed by atoms with E-state index < -0.39 is 6.43 Å². The Balaban J connectivity index is 3.17. The predicted molar refractivity (Wildman–Crippen MR) is 38.6 cm³/mol. The number of nitrogens with zero attached hydrogens (tertiary/aromatic N) is 2. The quantitative estimate of drug-likeness (QED) is 0.644. The van der Waals surface area contributed by atoms with Gasteiger partial charge in [0.05, 0.1) is 0 Å². The monoisotopic (exact) mass is 168 g/mol. The van der Waals surface area contributed by atoms with E-state index in [2.05, 4.69) is 4.98 Å². The molecule has 1 aromatic heterocycles. The smallest absolute Gasteiger partial charge is 0.236 e. The van der Waals surface area contributed by atoms with Crippen molar-refractivity contribution in [2.24, 2.45) is 0 Å². The van der Waals surface area contributed by atoms with Crippen molar-refractivity contribution in [3.05, 3.63) is 29.1 Å². The van der Waals surface area contributed by atoms with Crippen LogP contribution in [0, 0.1) is 18.3 Å². The molecule has 0 N–H and O–H groups in total. The molecule has 0 fully saturated rings. The minimum Gasteiger partial charge on any atom is -0.236 e. The third-order valence-electron chi connectivity index (χ3n) is 1.33. The van der Waals surface area contributed by atoms with Crippen LogP contribution in [0.3, 0.4) is 0 Å². The highest BCUT2D eigenvalue weighted by Gasteiger charge is 2.09. The van der Waals surface area contributed by atoms with Gasteiger partial charge in [-0.05, 0) is 24.6 Å². The summed E-state index contributed by atoms with van der Waals surface area (Å²) in [4.78, 5) is 3.44. The van der Waals surface area contributed by atoms with Gasteiger partial charge in [0.1, 0.15) is 17.5 Å². The van der Waals surface area contributed by atoms with Gasteiger partial charge in [-0.3, -0.25) is 0 Å². The van der Waals surface area contributed by atoms with E-state index in [0.717, 1.165) is 0 Å². The summed E-state index contributed by atoms with van der Waals surface area (Å²) in [6.07, 6.45) is -2.61. The van der Waals surface area contributed by atoms with Crippen LogP contribution in [0.2, 0.25) is 0 Å². The van der Waals surface area contributed by atoms with E-state index in [0.29, 0.717) is 5.56 Å². The van der Waals surface area contributed by atoms with Crippen LogP contribution >= 0.6 is 0 Å². The van der Waals surface area contributed by atoms with Crippen LogP contribution in [-0.4, -0.2) is 4.98 Å². The molecule has 0 saturated heterocycles. The first-order valence-electron chi connectivity index (χ1n) is 3.30. The minimum atomic E-state index is -2.61. The number of pyridine rings is 1. The molecular weight excluding hydrogens is 162 g/mol. The van der Waals surface area contributed by atoms with Crippen LogP contribution in [0.5, 0.6) is 0 Å². The highest BCUT2D eigenvalue weighted by molar-refractivity contribution is 5.28. The second-order valence-corrected chi connectivity index (χ2v) is 2.37. The molecule has 0 spiro atoms. The first kappa shape index (κ1) is 8.60. The lowest BCUT2D eigenvalue weighted by atomic mass is 10.2. The fourth-order valence-electron chi connectivity index (χ4n) is 0.863. The zero-order valence-electron chi connectivity index (χ0n) is 6.38. The van der Waals surface area contributed by atoms with Gasteiger partial charge < -0.3 is 0 Å². The van der Waals surface area contributed by atoms with Gasteiger partial charge in [0, 0.05) is 0 Å². The maximum Gasteiger partial charge on any atom is 0.280 e. The molecule has 0 bridgehead atoms. The number of alkyl halides is 2. The van der Waals surface area contributed by atoms with E-state index in [1.165, 1.54) is 12.1 Å². The molecule has 62 valence electrons. The second-order valence-electron chi connectivity index (χ2n) is 2.37. The maximum atomic E-state index is 12.1. The van der Waals surface area contributed by atoms with E-state index >= 15 is 0 Å². The first-order chi connectivity index (χ1) is 5.63. The molecule has 1 heterocycles. The Morgan fingerprint density at radius 1 is 1.50 bits per heavy atom. The molecule has 0 unspecified atom stereocenters. The van der Waals surface area contributed by atoms with Crippen LogP contribution in [0.15, 0.2) is 12.1 Å². The lowest BCUT2D eigenvalue weighted by Crippen LogP contribution is -1.94. The third kappa shape index (κ3) is 1.76. The van der Waals surface area contributed by atoms with E-state index in [4.69, 9.17) is 5.26 Å². The fourth-order valence-corrected chi connectivity index (χ4v) is 0.863. The number of halogens is 2. The van der Waals surface area contributed by atoms with Crippen molar-refractivity contribution in [3.8, 4) is 6.07 Å². The van der Waals surface area contributed by atoms with E-state index in [1.54, 1.807) is 13.0 Å². The highest BCUT2D eigenvalue weighted by atomic mass is 19.3. The van der Waals surface area contributed by atoms with Crippen molar-refractivity contribution in [2.75, 3.05) is 0 Å². The van der Waals surface area contributed by atoms with Gasteiger partial charge in [-0.2, -0.15) is 5.26 Å². The Hall–Kier alpha value is -1.50. The lowest BCUT2D eigenvalue weighted by Gasteiger charge is -1.99. The standard InChI is InChI=1S/C8H6F2N2/c1-5-2-6(4-11)12-7(3-5)8(9)10/h2-3,8H,1H3.